The van der Waals surface area contributed by atoms with Crippen LogP contribution >= 0.6 is 0 Å². The van der Waals surface area contributed by atoms with E-state index in [1.54, 1.807) is 0 Å². The van der Waals surface area contributed by atoms with Crippen LogP contribution in [0.2, 0.25) is 0 Å². The van der Waals surface area contributed by atoms with Crippen molar-refractivity contribution in [3.05, 3.63) is 35.3 Å². The number of aliphatic hydroxyl groups is 4. The minimum absolute atomic E-state index is 0. The molecule has 1 aliphatic rings. The van der Waals surface area contributed by atoms with E-state index in [-0.39, 0.29) is 47.5 Å². The fourth-order valence-corrected chi connectivity index (χ4v) is 1.86. The van der Waals surface area contributed by atoms with Gasteiger partial charge in [-0.2, -0.15) is 0 Å². The molecule has 0 unspecified atom stereocenters. The second-order valence-corrected chi connectivity index (χ2v) is 5.28. The zero-order valence-corrected chi connectivity index (χ0v) is 16.3. The molecular weight excluding hydrogens is 377 g/mol. The maximum absolute atomic E-state index is 10.5. The van der Waals surface area contributed by atoms with Crippen molar-refractivity contribution < 1.29 is 50.1 Å². The summed E-state index contributed by atoms with van der Waals surface area (Å²) >= 11 is 0. The summed E-state index contributed by atoms with van der Waals surface area (Å²) in [5.74, 6) is -4.39. The summed E-state index contributed by atoms with van der Waals surface area (Å²) in [5.41, 5.74) is 5.86. The van der Waals surface area contributed by atoms with Crippen LogP contribution in [0.15, 0.2) is 29.7 Å². The van der Waals surface area contributed by atoms with Crippen molar-refractivity contribution in [2.24, 2.45) is 5.73 Å². The van der Waals surface area contributed by atoms with Gasteiger partial charge in [-0.05, 0) is 24.1 Å². The van der Waals surface area contributed by atoms with E-state index >= 15 is 0 Å². The molecule has 3 atom stereocenters. The van der Waals surface area contributed by atoms with Gasteiger partial charge in [0.1, 0.15) is 12.1 Å². The maximum atomic E-state index is 10.5. The normalized spacial score (nSPS) is 17.9. The second-order valence-electron chi connectivity index (χ2n) is 5.28. The summed E-state index contributed by atoms with van der Waals surface area (Å²) in [5, 5.41) is 61.7. The van der Waals surface area contributed by atoms with E-state index in [2.05, 4.69) is 4.74 Å². The van der Waals surface area contributed by atoms with Crippen LogP contribution in [0.1, 0.15) is 5.56 Å². The number of nitrogens with two attached hydrogens (primary N) is 1. The summed E-state index contributed by atoms with van der Waals surface area (Å²) < 4.78 is 4.32. The summed E-state index contributed by atoms with van der Waals surface area (Å²) in [6.45, 7) is -0.671. The van der Waals surface area contributed by atoms with Crippen LogP contribution in [0, 0.1) is 0 Å². The fraction of sp³-hybridized carbons (Fsp3) is 0.333. The van der Waals surface area contributed by atoms with Gasteiger partial charge in [0.05, 0.1) is 6.61 Å². The number of rotatable bonds is 5. The minimum atomic E-state index is -1.42. The average molecular weight is 396 g/mol. The molecular formula is C15H19NNaO10. The van der Waals surface area contributed by atoms with Gasteiger partial charge in [-0.3, -0.25) is 4.79 Å². The number of aliphatic carboxylic acids is 1. The van der Waals surface area contributed by atoms with Crippen LogP contribution in [0.3, 0.4) is 0 Å². The molecule has 1 aromatic rings. The number of ether oxygens (including phenoxy) is 1. The zero-order chi connectivity index (χ0) is 20.0. The topological polar surface area (TPSA) is 211 Å². The van der Waals surface area contributed by atoms with E-state index in [0.717, 1.165) is 0 Å². The molecule has 12 heteroatoms. The van der Waals surface area contributed by atoms with Crippen LogP contribution in [-0.2, 0) is 20.7 Å². The first-order chi connectivity index (χ1) is 12.1. The number of hydrogen-bond acceptors (Lipinski definition) is 10. The number of hydrogen-bond donors (Lipinski definition) is 8. The molecule has 11 nitrogen and oxygen atoms in total. The number of carboxylic acid groups (broad SMARTS) is 1. The Hall–Kier alpha value is -2.02. The van der Waals surface area contributed by atoms with Crippen molar-refractivity contribution in [2.75, 3.05) is 6.61 Å². The molecule has 0 spiro atoms. The third kappa shape index (κ3) is 6.90. The second kappa shape index (κ2) is 11.0. The number of aliphatic hydroxyl groups excluding tert-OH is 4. The van der Waals surface area contributed by atoms with Crippen LogP contribution < -0.4 is 5.73 Å². The quantitative estimate of drug-likeness (QED) is 0.159. The van der Waals surface area contributed by atoms with Gasteiger partial charge in [-0.1, -0.05) is 6.07 Å². The Morgan fingerprint density at radius 1 is 1.19 bits per heavy atom. The van der Waals surface area contributed by atoms with Crippen molar-refractivity contribution in [1.82, 2.24) is 0 Å². The molecule has 1 heterocycles. The van der Waals surface area contributed by atoms with E-state index in [1.165, 1.54) is 18.2 Å². The number of carboxylic acids is 1. The van der Waals surface area contributed by atoms with Gasteiger partial charge in [0.15, 0.2) is 23.4 Å². The molecule has 0 aromatic heterocycles. The zero-order valence-electron chi connectivity index (χ0n) is 14.3. The van der Waals surface area contributed by atoms with Crippen LogP contribution in [0.25, 0.3) is 0 Å². The molecule has 0 aliphatic carbocycles. The maximum Gasteiger partial charge on any atom is 0.377 e. The van der Waals surface area contributed by atoms with Gasteiger partial charge in [0.2, 0.25) is 5.76 Å². The largest absolute Gasteiger partial charge is 0.505 e. The van der Waals surface area contributed by atoms with Crippen molar-refractivity contribution in [3.63, 3.8) is 0 Å². The molecule has 2 rings (SSSR count). The molecule has 1 aliphatic heterocycles. The van der Waals surface area contributed by atoms with Gasteiger partial charge in [-0.25, -0.2) is 4.79 Å². The van der Waals surface area contributed by atoms with E-state index in [1.807, 2.05) is 0 Å². The van der Waals surface area contributed by atoms with Gasteiger partial charge < -0.3 is 46.2 Å². The Balaban J connectivity index is 0.000000488. The van der Waals surface area contributed by atoms with Crippen molar-refractivity contribution in [3.8, 4) is 11.5 Å². The van der Waals surface area contributed by atoms with Gasteiger partial charge in [0, 0.05) is 29.6 Å². The summed E-state index contributed by atoms with van der Waals surface area (Å²) in [4.78, 5) is 21.0. The summed E-state index contributed by atoms with van der Waals surface area (Å²) in [7, 11) is 0. The van der Waals surface area contributed by atoms with E-state index in [4.69, 9.17) is 41.5 Å². The standard InChI is InChI=1S/C9H11NO4.C6H8O6.Na/c10-6(9(13)14)3-5-1-2-7(11)8(12)4-5;7-1-2(8)5-3(9)4(10)6(11)12-5;/h1-2,4,6,11-12H,3,10H2,(H,13,14);2,5,7-10H,1H2;/t6-;2-,5+;/m00./s1. The molecule has 27 heavy (non-hydrogen) atoms. The van der Waals surface area contributed by atoms with Crippen LogP contribution in [0.4, 0.5) is 0 Å². The predicted octanol–water partition coefficient (Wildman–Crippen LogP) is -1.74. The Labute approximate surface area is 175 Å². The molecule has 9 N–H and O–H groups in total. The Morgan fingerprint density at radius 2 is 1.78 bits per heavy atom. The third-order valence-electron chi connectivity index (χ3n) is 3.29. The number of benzene rings is 1. The van der Waals surface area contributed by atoms with Gasteiger partial charge in [0.25, 0.3) is 0 Å². The Kier molecular flexibility index (Phi) is 10.1. The molecule has 0 saturated heterocycles. The molecule has 0 amide bonds. The number of cyclic esters (lactones) is 1. The smallest absolute Gasteiger partial charge is 0.377 e. The molecule has 0 bridgehead atoms. The molecule has 0 saturated carbocycles. The van der Waals surface area contributed by atoms with Gasteiger partial charge >= 0.3 is 11.9 Å². The number of phenols is 2. The summed E-state index contributed by atoms with van der Waals surface area (Å²) in [6.07, 6.45) is -2.66. The molecule has 1 aromatic carbocycles. The Morgan fingerprint density at radius 3 is 2.19 bits per heavy atom. The van der Waals surface area contributed by atoms with Crippen molar-refractivity contribution in [1.29, 1.82) is 0 Å². The number of aromatic hydroxyl groups is 2. The van der Waals surface area contributed by atoms with Crippen molar-refractivity contribution in [2.45, 2.75) is 24.7 Å². The molecule has 0 fully saturated rings. The van der Waals surface area contributed by atoms with E-state index in [9.17, 15) is 9.59 Å². The van der Waals surface area contributed by atoms with E-state index in [0.29, 0.717) is 5.56 Å². The monoisotopic (exact) mass is 396 g/mol. The fourth-order valence-electron chi connectivity index (χ4n) is 1.86. The predicted molar refractivity (Wildman–Crippen MR) is 90.1 cm³/mol. The first-order valence-electron chi connectivity index (χ1n) is 7.19. The average Bonchev–Trinajstić information content (AvgIpc) is 2.85. The minimum Gasteiger partial charge on any atom is -0.505 e. The van der Waals surface area contributed by atoms with E-state index < -0.39 is 48.3 Å². The first-order valence-corrected chi connectivity index (χ1v) is 7.19. The van der Waals surface area contributed by atoms with Crippen LogP contribution in [-0.4, -0.2) is 102 Å². The van der Waals surface area contributed by atoms with Crippen LogP contribution in [0.5, 0.6) is 11.5 Å². The SMILES string of the molecule is N[C@@H](Cc1ccc(O)c(O)c1)C(=O)O.O=C1O[C@H]([C@@H](O)CO)C(O)=C1O.[Na]. The number of carbonyl (C=O) groups excluding carboxylic acids is 1. The number of phenolic OH excluding ortho intramolecular Hbond substituents is 2. The first kappa shape index (κ1) is 25.0. The molecule has 1 radical (unpaired) electrons. The van der Waals surface area contributed by atoms with Gasteiger partial charge in [-0.15, -0.1) is 0 Å². The summed E-state index contributed by atoms with van der Waals surface area (Å²) in [6, 6.07) is 3.09. The Bertz CT molecular complexity index is 708. The molecule has 145 valence electrons. The van der Waals surface area contributed by atoms with Crippen molar-refractivity contribution >= 4 is 41.5 Å². The number of carbonyl (C=O) groups is 2. The number of esters is 1. The third-order valence-corrected chi connectivity index (χ3v) is 3.29.